The van der Waals surface area contributed by atoms with Gasteiger partial charge in [0, 0.05) is 11.8 Å². The number of carbonyl (C=O) groups excluding carboxylic acids is 2. The second-order valence-corrected chi connectivity index (χ2v) is 10.2. The van der Waals surface area contributed by atoms with E-state index in [-0.39, 0.29) is 40.2 Å². The molecule has 142 valence electrons. The highest BCUT2D eigenvalue weighted by atomic mass is 16.3. The molecule has 27 heavy (non-hydrogen) atoms. The molecule has 0 unspecified atom stereocenters. The van der Waals surface area contributed by atoms with Crippen molar-refractivity contribution < 1.29 is 14.0 Å². The van der Waals surface area contributed by atoms with Gasteiger partial charge in [0.05, 0.1) is 17.6 Å². The van der Waals surface area contributed by atoms with Gasteiger partial charge in [-0.15, -0.1) is 0 Å². The average Bonchev–Trinajstić information content (AvgIpc) is 3.20. The molecule has 0 radical (unpaired) electrons. The molecule has 5 rings (SSSR count). The van der Waals surface area contributed by atoms with Gasteiger partial charge < -0.3 is 4.42 Å². The van der Waals surface area contributed by atoms with Crippen LogP contribution in [0.4, 0.5) is 0 Å². The van der Waals surface area contributed by atoms with Crippen molar-refractivity contribution in [1.82, 2.24) is 0 Å². The third kappa shape index (κ3) is 2.33. The quantitative estimate of drug-likeness (QED) is 0.505. The molecule has 4 aliphatic rings. The van der Waals surface area contributed by atoms with Gasteiger partial charge in [-0.2, -0.15) is 0 Å². The summed E-state index contributed by atoms with van der Waals surface area (Å²) in [5, 5.41) is 0. The number of allylic oxidation sites excluding steroid dienone is 5. The van der Waals surface area contributed by atoms with Crippen molar-refractivity contribution in [3.63, 3.8) is 0 Å². The summed E-state index contributed by atoms with van der Waals surface area (Å²) < 4.78 is 5.51. The minimum absolute atomic E-state index is 0.00116. The molecule has 0 saturated heterocycles. The van der Waals surface area contributed by atoms with Crippen LogP contribution in [-0.2, 0) is 9.59 Å². The van der Waals surface area contributed by atoms with Crippen LogP contribution in [0.1, 0.15) is 47.3 Å². The first kappa shape index (κ1) is 18.2. The van der Waals surface area contributed by atoms with E-state index in [4.69, 9.17) is 4.42 Å². The molecule has 0 amide bonds. The fraction of sp³-hybridized carbons (Fsp3) is 0.500. The lowest BCUT2D eigenvalue weighted by Gasteiger charge is -2.57. The summed E-state index contributed by atoms with van der Waals surface area (Å²) in [6.45, 7) is 12.7. The van der Waals surface area contributed by atoms with E-state index in [1.807, 2.05) is 18.2 Å². The van der Waals surface area contributed by atoms with E-state index in [2.05, 4.69) is 59.8 Å². The summed E-state index contributed by atoms with van der Waals surface area (Å²) in [4.78, 5) is 26.6. The summed E-state index contributed by atoms with van der Waals surface area (Å²) >= 11 is 0. The molecule has 4 aliphatic carbocycles. The lowest BCUT2D eigenvalue weighted by Crippen LogP contribution is -2.63. The maximum Gasteiger partial charge on any atom is 0.210 e. The first-order chi connectivity index (χ1) is 12.5. The molecule has 4 atom stereocenters. The molecule has 3 nitrogen and oxygen atoms in total. The highest BCUT2D eigenvalue weighted by Crippen LogP contribution is 2.65. The predicted molar refractivity (Wildman–Crippen MR) is 106 cm³/mol. The van der Waals surface area contributed by atoms with Crippen LogP contribution in [0, 0.1) is 34.0 Å². The average molecular weight is 364 g/mol. The van der Waals surface area contributed by atoms with Crippen molar-refractivity contribution in [2.45, 2.75) is 41.5 Å². The third-order valence-corrected chi connectivity index (χ3v) is 6.71. The molecule has 1 aromatic rings. The van der Waals surface area contributed by atoms with E-state index in [0.29, 0.717) is 0 Å². The molecule has 2 bridgehead atoms. The van der Waals surface area contributed by atoms with E-state index < -0.39 is 5.41 Å². The Morgan fingerprint density at radius 1 is 1.11 bits per heavy atom. The molecular formula is C24H28O3. The van der Waals surface area contributed by atoms with E-state index in [9.17, 15) is 9.59 Å². The molecule has 0 spiro atoms. The van der Waals surface area contributed by atoms with E-state index in [1.165, 1.54) is 0 Å². The Morgan fingerprint density at radius 2 is 1.81 bits per heavy atom. The minimum atomic E-state index is -0.790. The molecule has 1 heterocycles. The molecule has 1 aromatic heterocycles. The summed E-state index contributed by atoms with van der Waals surface area (Å²) in [5.41, 5.74) is 0.888. The zero-order valence-corrected chi connectivity index (χ0v) is 17.0. The van der Waals surface area contributed by atoms with Gasteiger partial charge in [0.15, 0.2) is 0 Å². The Kier molecular flexibility index (Phi) is 3.67. The lowest BCUT2D eigenvalue weighted by atomic mass is 9.43. The zero-order chi connectivity index (χ0) is 19.8. The summed E-state index contributed by atoms with van der Waals surface area (Å²) in [6.07, 6.45) is 10.1. The Morgan fingerprint density at radius 3 is 2.37 bits per heavy atom. The molecule has 0 N–H and O–H groups in total. The van der Waals surface area contributed by atoms with E-state index in [1.54, 1.807) is 6.26 Å². The van der Waals surface area contributed by atoms with Crippen LogP contribution < -0.4 is 0 Å². The highest BCUT2D eigenvalue weighted by Gasteiger charge is 2.67. The van der Waals surface area contributed by atoms with Gasteiger partial charge in [-0.05, 0) is 34.6 Å². The van der Waals surface area contributed by atoms with Gasteiger partial charge in [-0.1, -0.05) is 65.3 Å². The molecule has 3 heteroatoms. The van der Waals surface area contributed by atoms with Gasteiger partial charge in [-0.3, -0.25) is 9.59 Å². The number of furan rings is 1. The highest BCUT2D eigenvalue weighted by molar-refractivity contribution is 6.43. The van der Waals surface area contributed by atoms with Gasteiger partial charge in [-0.25, -0.2) is 0 Å². The maximum atomic E-state index is 13.3. The van der Waals surface area contributed by atoms with Crippen LogP contribution in [0.25, 0.3) is 6.08 Å². The first-order valence-corrected chi connectivity index (χ1v) is 9.73. The Bertz CT molecular complexity index is 896. The Labute approximate surface area is 161 Å². The predicted octanol–water partition coefficient (Wildman–Crippen LogP) is 5.25. The Hall–Kier alpha value is -2.16. The smallest absolute Gasteiger partial charge is 0.210 e. The molecule has 0 aliphatic heterocycles. The summed E-state index contributed by atoms with van der Waals surface area (Å²) in [6, 6.07) is 3.78. The van der Waals surface area contributed by atoms with E-state index >= 15 is 0 Å². The minimum Gasteiger partial charge on any atom is -0.465 e. The number of carbonyl (C=O) groups is 2. The number of Topliss-reactive ketones (excluding diaryl/α,β-unsaturated/α-hetero) is 2. The lowest BCUT2D eigenvalue weighted by molar-refractivity contribution is -0.157. The third-order valence-electron chi connectivity index (χ3n) is 6.71. The van der Waals surface area contributed by atoms with Gasteiger partial charge in [0.25, 0.3) is 0 Å². The summed E-state index contributed by atoms with van der Waals surface area (Å²) in [7, 11) is 0. The summed E-state index contributed by atoms with van der Waals surface area (Å²) in [5.74, 6) is -0.00545. The van der Waals surface area contributed by atoms with Gasteiger partial charge in [0.2, 0.25) is 11.6 Å². The second-order valence-electron chi connectivity index (χ2n) is 10.2. The Balaban J connectivity index is 1.96. The number of hydrogen-bond acceptors (Lipinski definition) is 3. The first-order valence-electron chi connectivity index (χ1n) is 9.73. The largest absolute Gasteiger partial charge is 0.465 e. The van der Waals surface area contributed by atoms with E-state index in [0.717, 1.165) is 16.9 Å². The maximum absolute atomic E-state index is 13.3. The number of fused-ring (bicyclic) bond motifs is 1. The standard InChI is InChI=1S/C24H28O3/c1-22(2,3)17-13-24(23(4,5)6)16-10-9-14(12-15-8-7-11-27-15)18(16)19(17)20(25)21(24)26/h7-13,16,18-19H,1-6H3/t16-,18+,19+,24+/m1/s1. The second kappa shape index (κ2) is 5.43. The molecular weight excluding hydrogens is 336 g/mol. The fourth-order valence-electron chi connectivity index (χ4n) is 5.40. The normalized spacial score (nSPS) is 34.4. The van der Waals surface area contributed by atoms with Crippen molar-refractivity contribution in [1.29, 1.82) is 0 Å². The van der Waals surface area contributed by atoms with Gasteiger partial charge >= 0.3 is 0 Å². The fourth-order valence-corrected chi connectivity index (χ4v) is 5.40. The SMILES string of the molecule is CC(C)(C)C1=C[C@@]2(C(C)(C)C)C(=O)C(=O)[C@@H]1[C@H]1C(=Cc3ccco3)C=C[C@H]12. The van der Waals surface area contributed by atoms with Crippen LogP contribution in [0.2, 0.25) is 0 Å². The van der Waals surface area contributed by atoms with Crippen LogP contribution >= 0.6 is 0 Å². The van der Waals surface area contributed by atoms with Crippen molar-refractivity contribution >= 4 is 17.6 Å². The van der Waals surface area contributed by atoms with Crippen LogP contribution in [-0.4, -0.2) is 11.6 Å². The van der Waals surface area contributed by atoms with Crippen LogP contribution in [0.3, 0.4) is 0 Å². The van der Waals surface area contributed by atoms with Crippen LogP contribution in [0.15, 0.2) is 52.2 Å². The van der Waals surface area contributed by atoms with Crippen LogP contribution in [0.5, 0.6) is 0 Å². The van der Waals surface area contributed by atoms with Crippen molar-refractivity contribution in [3.8, 4) is 0 Å². The van der Waals surface area contributed by atoms with Crippen molar-refractivity contribution in [2.75, 3.05) is 0 Å². The monoisotopic (exact) mass is 364 g/mol. The number of ketones is 2. The topological polar surface area (TPSA) is 47.3 Å². The van der Waals surface area contributed by atoms with Crippen molar-refractivity contribution in [2.24, 2.45) is 34.0 Å². The number of rotatable bonds is 1. The number of hydrogen-bond donors (Lipinski definition) is 0. The molecule has 0 aromatic carbocycles. The molecule has 1 saturated carbocycles. The van der Waals surface area contributed by atoms with Gasteiger partial charge in [0.1, 0.15) is 5.76 Å². The van der Waals surface area contributed by atoms with Crippen molar-refractivity contribution in [3.05, 3.63) is 53.5 Å². The zero-order valence-electron chi connectivity index (χ0n) is 17.0. The molecule has 1 fully saturated rings.